The first kappa shape index (κ1) is 23.5. The summed E-state index contributed by atoms with van der Waals surface area (Å²) >= 11 is 0. The van der Waals surface area contributed by atoms with Gasteiger partial charge in [-0.3, -0.25) is 4.98 Å². The van der Waals surface area contributed by atoms with Crippen molar-refractivity contribution in [1.82, 2.24) is 15.6 Å². The van der Waals surface area contributed by atoms with Crippen molar-refractivity contribution in [2.24, 2.45) is 0 Å². The normalized spacial score (nSPS) is 15.0. The molecule has 0 saturated heterocycles. The molecule has 2 N–H and O–H groups in total. The minimum atomic E-state index is -0.685. The maximum Gasteiger partial charge on any atom is 0.338 e. The summed E-state index contributed by atoms with van der Waals surface area (Å²) in [5.74, 6) is 0.206. The number of benzene rings is 2. The van der Waals surface area contributed by atoms with Gasteiger partial charge in [0.05, 0.1) is 30.4 Å². The van der Waals surface area contributed by atoms with Crippen LogP contribution >= 0.6 is 0 Å². The van der Waals surface area contributed by atoms with Crippen LogP contribution in [0.5, 0.6) is 5.75 Å². The topological polar surface area (TPSA) is 113 Å². The summed E-state index contributed by atoms with van der Waals surface area (Å²) in [6, 6.07) is 19.0. The van der Waals surface area contributed by atoms with Crippen LogP contribution in [0, 0.1) is 11.3 Å². The lowest BCUT2D eigenvalue weighted by Gasteiger charge is -2.29. The molecule has 1 aromatic heterocycles. The molecule has 1 atom stereocenters. The molecule has 2 heterocycles. The molecule has 1 aliphatic heterocycles. The maximum absolute atomic E-state index is 13.4. The summed E-state index contributed by atoms with van der Waals surface area (Å²) in [6.07, 6.45) is 4.24. The lowest BCUT2D eigenvalue weighted by atomic mass is 9.93. The van der Waals surface area contributed by atoms with Gasteiger partial charge in [-0.25, -0.2) is 9.59 Å². The monoisotopic (exact) mass is 468 g/mol. The Labute approximate surface area is 203 Å². The molecule has 1 unspecified atom stereocenters. The SMILES string of the molecule is COc1ccc(CCC2=C(C(=O)OCc3cccc(C#N)c3)C(c3ccncc3)NC(=O)N2)cc1. The van der Waals surface area contributed by atoms with Gasteiger partial charge in [-0.05, 0) is 65.9 Å². The van der Waals surface area contributed by atoms with Crippen LogP contribution in [-0.4, -0.2) is 24.1 Å². The quantitative estimate of drug-likeness (QED) is 0.484. The Morgan fingerprint density at radius 1 is 1.06 bits per heavy atom. The number of carbonyl (C=O) groups is 2. The number of aromatic nitrogens is 1. The first-order chi connectivity index (χ1) is 17.1. The highest BCUT2D eigenvalue weighted by Crippen LogP contribution is 2.29. The van der Waals surface area contributed by atoms with E-state index >= 15 is 0 Å². The molecule has 0 saturated carbocycles. The molecule has 0 radical (unpaired) electrons. The van der Waals surface area contributed by atoms with E-state index in [9.17, 15) is 9.59 Å². The number of hydrogen-bond acceptors (Lipinski definition) is 6. The summed E-state index contributed by atoms with van der Waals surface area (Å²) in [4.78, 5) is 29.9. The molecule has 0 spiro atoms. The highest BCUT2D eigenvalue weighted by molar-refractivity contribution is 5.95. The van der Waals surface area contributed by atoms with Crippen molar-refractivity contribution in [3.8, 4) is 11.8 Å². The molecule has 176 valence electrons. The second kappa shape index (κ2) is 11.0. The van der Waals surface area contributed by atoms with Crippen LogP contribution in [0.2, 0.25) is 0 Å². The summed E-state index contributed by atoms with van der Waals surface area (Å²) in [5, 5.41) is 14.7. The van der Waals surface area contributed by atoms with Crippen LogP contribution in [0.4, 0.5) is 4.79 Å². The van der Waals surface area contributed by atoms with Gasteiger partial charge in [-0.15, -0.1) is 0 Å². The van der Waals surface area contributed by atoms with Crippen molar-refractivity contribution in [2.75, 3.05) is 7.11 Å². The van der Waals surface area contributed by atoms with E-state index in [0.717, 1.165) is 16.9 Å². The van der Waals surface area contributed by atoms with Crippen molar-refractivity contribution in [3.63, 3.8) is 0 Å². The van der Waals surface area contributed by atoms with Crippen LogP contribution in [-0.2, 0) is 22.6 Å². The predicted octanol–water partition coefficient (Wildman–Crippen LogP) is 3.95. The molecule has 0 bridgehead atoms. The van der Waals surface area contributed by atoms with Crippen LogP contribution in [0.3, 0.4) is 0 Å². The fraction of sp³-hybridized carbons (Fsp3) is 0.185. The molecule has 2 amide bonds. The maximum atomic E-state index is 13.4. The van der Waals surface area contributed by atoms with E-state index in [2.05, 4.69) is 21.7 Å². The Morgan fingerprint density at radius 2 is 1.83 bits per heavy atom. The third-order valence-electron chi connectivity index (χ3n) is 5.66. The third-order valence-corrected chi connectivity index (χ3v) is 5.66. The first-order valence-electron chi connectivity index (χ1n) is 11.1. The Morgan fingerprint density at radius 3 is 2.54 bits per heavy atom. The number of carbonyl (C=O) groups excluding carboxylic acids is 2. The fourth-order valence-corrected chi connectivity index (χ4v) is 3.88. The number of nitriles is 1. The Bertz CT molecular complexity index is 1280. The molecular formula is C27H24N4O4. The minimum Gasteiger partial charge on any atom is -0.497 e. The zero-order chi connectivity index (χ0) is 24.6. The Kier molecular flexibility index (Phi) is 7.38. The lowest BCUT2D eigenvalue weighted by molar-refractivity contribution is -0.140. The van der Waals surface area contributed by atoms with Crippen molar-refractivity contribution in [1.29, 1.82) is 5.26 Å². The van der Waals surface area contributed by atoms with E-state index in [1.807, 2.05) is 24.3 Å². The Balaban J connectivity index is 1.61. The molecule has 8 heteroatoms. The van der Waals surface area contributed by atoms with Crippen LogP contribution < -0.4 is 15.4 Å². The van der Waals surface area contributed by atoms with Crippen LogP contribution in [0.15, 0.2) is 84.3 Å². The highest BCUT2D eigenvalue weighted by Gasteiger charge is 2.33. The predicted molar refractivity (Wildman–Crippen MR) is 128 cm³/mol. The number of nitrogens with one attached hydrogen (secondary N) is 2. The van der Waals surface area contributed by atoms with Gasteiger partial charge in [0.25, 0.3) is 0 Å². The number of hydrogen-bond donors (Lipinski definition) is 2. The molecular weight excluding hydrogens is 444 g/mol. The largest absolute Gasteiger partial charge is 0.497 e. The standard InChI is InChI=1S/C27H24N4O4/c1-34-22-8-5-18(6-9-22)7-10-23-24(25(31-27(33)30-23)21-11-13-29-14-12-21)26(32)35-17-20-4-2-3-19(15-20)16-28/h2-6,8-9,11-15,25H,7,10,17H2,1H3,(H2,30,31,33). The molecule has 3 aromatic rings. The number of allylic oxidation sites excluding steroid dienone is 1. The molecule has 0 aliphatic carbocycles. The third kappa shape index (κ3) is 5.84. The van der Waals surface area contributed by atoms with Crippen molar-refractivity contribution in [2.45, 2.75) is 25.5 Å². The fourth-order valence-electron chi connectivity index (χ4n) is 3.88. The molecule has 35 heavy (non-hydrogen) atoms. The number of aryl methyl sites for hydroxylation is 1. The van der Waals surface area contributed by atoms with E-state index in [-0.39, 0.29) is 6.61 Å². The van der Waals surface area contributed by atoms with Gasteiger partial charge in [-0.2, -0.15) is 5.26 Å². The van der Waals surface area contributed by atoms with E-state index in [0.29, 0.717) is 35.2 Å². The van der Waals surface area contributed by atoms with Gasteiger partial charge in [0.15, 0.2) is 0 Å². The van der Waals surface area contributed by atoms with E-state index in [1.54, 1.807) is 55.9 Å². The van der Waals surface area contributed by atoms with E-state index in [4.69, 9.17) is 14.7 Å². The molecule has 1 aliphatic rings. The van der Waals surface area contributed by atoms with Gasteiger partial charge in [0.1, 0.15) is 12.4 Å². The zero-order valence-corrected chi connectivity index (χ0v) is 19.2. The minimum absolute atomic E-state index is 0.000620. The van der Waals surface area contributed by atoms with E-state index < -0.39 is 18.0 Å². The van der Waals surface area contributed by atoms with Crippen molar-refractivity contribution < 1.29 is 19.1 Å². The number of rotatable bonds is 8. The molecule has 0 fully saturated rings. The summed E-state index contributed by atoms with van der Waals surface area (Å²) in [5.41, 5.74) is 3.77. The zero-order valence-electron chi connectivity index (χ0n) is 19.2. The number of ether oxygens (including phenoxy) is 2. The second-order valence-corrected chi connectivity index (χ2v) is 7.94. The highest BCUT2D eigenvalue weighted by atomic mass is 16.5. The number of pyridine rings is 1. The number of urea groups is 1. The van der Waals surface area contributed by atoms with Gasteiger partial charge in [-0.1, -0.05) is 24.3 Å². The average Bonchev–Trinajstić information content (AvgIpc) is 2.91. The van der Waals surface area contributed by atoms with Crippen molar-refractivity contribution >= 4 is 12.0 Å². The smallest absolute Gasteiger partial charge is 0.338 e. The van der Waals surface area contributed by atoms with Gasteiger partial charge >= 0.3 is 12.0 Å². The summed E-state index contributed by atoms with van der Waals surface area (Å²) < 4.78 is 10.8. The average molecular weight is 469 g/mol. The van der Waals surface area contributed by atoms with Crippen molar-refractivity contribution in [3.05, 3.63) is 107 Å². The lowest BCUT2D eigenvalue weighted by Crippen LogP contribution is -2.46. The first-order valence-corrected chi connectivity index (χ1v) is 11.1. The summed E-state index contributed by atoms with van der Waals surface area (Å²) in [6.45, 7) is 0.000620. The molecule has 2 aromatic carbocycles. The van der Waals surface area contributed by atoms with Crippen LogP contribution in [0.25, 0.3) is 0 Å². The van der Waals surface area contributed by atoms with Gasteiger partial charge < -0.3 is 20.1 Å². The number of nitrogens with zero attached hydrogens (tertiary/aromatic N) is 2. The van der Waals surface area contributed by atoms with E-state index in [1.165, 1.54) is 0 Å². The summed E-state index contributed by atoms with van der Waals surface area (Å²) in [7, 11) is 1.61. The number of amides is 2. The number of methoxy groups -OCH3 is 1. The second-order valence-electron chi connectivity index (χ2n) is 7.94. The molecule has 8 nitrogen and oxygen atoms in total. The van der Waals surface area contributed by atoms with Gasteiger partial charge in [0.2, 0.25) is 0 Å². The molecule has 4 rings (SSSR count). The van der Waals surface area contributed by atoms with Crippen LogP contribution in [0.1, 0.15) is 34.7 Å². The Hall–Kier alpha value is -4.64. The number of esters is 1. The van der Waals surface area contributed by atoms with Gasteiger partial charge in [0, 0.05) is 18.1 Å².